The minimum Gasteiger partial charge on any atom is -0.494 e. The SMILES string of the molecule is c1cc2c(cc1OCCC1CCCN1)CCCC2. The van der Waals surface area contributed by atoms with Gasteiger partial charge < -0.3 is 10.1 Å². The van der Waals surface area contributed by atoms with Gasteiger partial charge in [-0.25, -0.2) is 0 Å². The Morgan fingerprint density at radius 2 is 2.00 bits per heavy atom. The van der Waals surface area contributed by atoms with E-state index in [1.807, 2.05) is 0 Å². The molecule has 1 fully saturated rings. The van der Waals surface area contributed by atoms with Gasteiger partial charge in [0.05, 0.1) is 6.61 Å². The molecule has 2 nitrogen and oxygen atoms in total. The standard InChI is InChI=1S/C16H23NO/c1-2-5-14-12-16(8-7-13(14)4-1)18-11-9-15-6-3-10-17-15/h7-8,12,15,17H,1-6,9-11H2. The number of rotatable bonds is 4. The molecule has 1 unspecified atom stereocenters. The van der Waals surface area contributed by atoms with E-state index in [1.165, 1.54) is 56.2 Å². The number of hydrogen-bond donors (Lipinski definition) is 1. The lowest BCUT2D eigenvalue weighted by atomic mass is 9.92. The highest BCUT2D eigenvalue weighted by Crippen LogP contribution is 2.25. The zero-order chi connectivity index (χ0) is 12.2. The second kappa shape index (κ2) is 5.75. The Bertz CT molecular complexity index is 396. The van der Waals surface area contributed by atoms with E-state index in [4.69, 9.17) is 4.74 Å². The van der Waals surface area contributed by atoms with Crippen LogP contribution in [0.4, 0.5) is 0 Å². The molecule has 3 rings (SSSR count). The van der Waals surface area contributed by atoms with E-state index < -0.39 is 0 Å². The van der Waals surface area contributed by atoms with Crippen molar-refractivity contribution in [2.45, 2.75) is 51.0 Å². The first-order valence-corrected chi connectivity index (χ1v) is 7.40. The predicted molar refractivity (Wildman–Crippen MR) is 74.2 cm³/mol. The third-order valence-corrected chi connectivity index (χ3v) is 4.22. The second-order valence-electron chi connectivity index (χ2n) is 5.57. The van der Waals surface area contributed by atoms with Crippen molar-refractivity contribution in [2.75, 3.05) is 13.2 Å². The van der Waals surface area contributed by atoms with Crippen LogP contribution < -0.4 is 10.1 Å². The second-order valence-corrected chi connectivity index (χ2v) is 5.57. The van der Waals surface area contributed by atoms with Crippen LogP contribution in [-0.4, -0.2) is 19.2 Å². The van der Waals surface area contributed by atoms with E-state index in [2.05, 4.69) is 23.5 Å². The average molecular weight is 245 g/mol. The molecule has 2 aliphatic rings. The van der Waals surface area contributed by atoms with Crippen molar-refractivity contribution in [1.29, 1.82) is 0 Å². The summed E-state index contributed by atoms with van der Waals surface area (Å²) in [6.45, 7) is 2.03. The summed E-state index contributed by atoms with van der Waals surface area (Å²) < 4.78 is 5.89. The summed E-state index contributed by atoms with van der Waals surface area (Å²) >= 11 is 0. The van der Waals surface area contributed by atoms with Crippen LogP contribution in [0.3, 0.4) is 0 Å². The van der Waals surface area contributed by atoms with Gasteiger partial charge in [-0.05, 0) is 74.8 Å². The molecule has 0 bridgehead atoms. The van der Waals surface area contributed by atoms with Crippen LogP contribution in [0.5, 0.6) is 5.75 Å². The van der Waals surface area contributed by atoms with Crippen LogP contribution in [0.15, 0.2) is 18.2 Å². The van der Waals surface area contributed by atoms with Crippen molar-refractivity contribution in [3.05, 3.63) is 29.3 Å². The van der Waals surface area contributed by atoms with Crippen molar-refractivity contribution in [2.24, 2.45) is 0 Å². The summed E-state index contributed by atoms with van der Waals surface area (Å²) in [5.41, 5.74) is 3.05. The molecular weight excluding hydrogens is 222 g/mol. The zero-order valence-electron chi connectivity index (χ0n) is 11.1. The Labute approximate surface area is 110 Å². The Kier molecular flexibility index (Phi) is 3.84. The molecule has 1 aromatic carbocycles. The van der Waals surface area contributed by atoms with Crippen molar-refractivity contribution in [1.82, 2.24) is 5.32 Å². The summed E-state index contributed by atoms with van der Waals surface area (Å²) in [5.74, 6) is 1.06. The lowest BCUT2D eigenvalue weighted by molar-refractivity contribution is 0.292. The van der Waals surface area contributed by atoms with Crippen molar-refractivity contribution in [3.8, 4) is 5.75 Å². The van der Waals surface area contributed by atoms with Gasteiger partial charge in [-0.1, -0.05) is 6.07 Å². The van der Waals surface area contributed by atoms with Crippen LogP contribution >= 0.6 is 0 Å². The molecule has 1 atom stereocenters. The van der Waals surface area contributed by atoms with E-state index in [-0.39, 0.29) is 0 Å². The first-order valence-electron chi connectivity index (χ1n) is 7.40. The van der Waals surface area contributed by atoms with Crippen LogP contribution in [0.1, 0.15) is 43.2 Å². The van der Waals surface area contributed by atoms with Crippen LogP contribution in [0.25, 0.3) is 0 Å². The highest BCUT2D eigenvalue weighted by atomic mass is 16.5. The summed E-state index contributed by atoms with van der Waals surface area (Å²) in [6, 6.07) is 7.35. The molecule has 98 valence electrons. The maximum atomic E-state index is 5.89. The van der Waals surface area contributed by atoms with Crippen LogP contribution in [0.2, 0.25) is 0 Å². The molecule has 1 aliphatic carbocycles. The van der Waals surface area contributed by atoms with E-state index in [0.717, 1.165) is 18.8 Å². The highest BCUT2D eigenvalue weighted by Gasteiger charge is 2.14. The molecule has 1 heterocycles. The van der Waals surface area contributed by atoms with E-state index in [9.17, 15) is 0 Å². The predicted octanol–water partition coefficient (Wildman–Crippen LogP) is 3.09. The Balaban J connectivity index is 1.52. The number of nitrogens with one attached hydrogen (secondary N) is 1. The van der Waals surface area contributed by atoms with Gasteiger partial charge in [0, 0.05) is 6.04 Å². The fourth-order valence-corrected chi connectivity index (χ4v) is 3.12. The third-order valence-electron chi connectivity index (χ3n) is 4.22. The first kappa shape index (κ1) is 12.0. The fraction of sp³-hybridized carbons (Fsp3) is 0.625. The minimum absolute atomic E-state index is 0.683. The van der Waals surface area contributed by atoms with Crippen molar-refractivity contribution < 1.29 is 4.74 Å². The van der Waals surface area contributed by atoms with Gasteiger partial charge in [0.1, 0.15) is 5.75 Å². The number of aryl methyl sites for hydroxylation is 2. The van der Waals surface area contributed by atoms with Crippen LogP contribution in [0, 0.1) is 0 Å². The Morgan fingerprint density at radius 1 is 1.11 bits per heavy atom. The van der Waals surface area contributed by atoms with E-state index in [0.29, 0.717) is 6.04 Å². The molecule has 0 radical (unpaired) electrons. The summed E-state index contributed by atoms with van der Waals surface area (Å²) in [4.78, 5) is 0. The molecular formula is C16H23NO. The molecule has 2 heteroatoms. The summed E-state index contributed by atoms with van der Waals surface area (Å²) in [5, 5.41) is 3.51. The molecule has 0 spiro atoms. The topological polar surface area (TPSA) is 21.3 Å². The number of ether oxygens (including phenoxy) is 1. The fourth-order valence-electron chi connectivity index (χ4n) is 3.12. The Hall–Kier alpha value is -1.02. The van der Waals surface area contributed by atoms with Gasteiger partial charge in [0.15, 0.2) is 0 Å². The van der Waals surface area contributed by atoms with Gasteiger partial charge in [-0.2, -0.15) is 0 Å². The number of benzene rings is 1. The van der Waals surface area contributed by atoms with Crippen LogP contribution in [-0.2, 0) is 12.8 Å². The summed E-state index contributed by atoms with van der Waals surface area (Å²) in [7, 11) is 0. The Morgan fingerprint density at radius 3 is 2.83 bits per heavy atom. The number of fused-ring (bicyclic) bond motifs is 1. The zero-order valence-corrected chi connectivity index (χ0v) is 11.1. The highest BCUT2D eigenvalue weighted by molar-refractivity contribution is 5.37. The normalized spacial score (nSPS) is 22.8. The largest absolute Gasteiger partial charge is 0.494 e. The number of hydrogen-bond acceptors (Lipinski definition) is 2. The van der Waals surface area contributed by atoms with Crippen molar-refractivity contribution in [3.63, 3.8) is 0 Å². The molecule has 1 aliphatic heterocycles. The quantitative estimate of drug-likeness (QED) is 0.880. The molecule has 0 saturated carbocycles. The monoisotopic (exact) mass is 245 g/mol. The molecule has 1 saturated heterocycles. The smallest absolute Gasteiger partial charge is 0.119 e. The van der Waals surface area contributed by atoms with Gasteiger partial charge in [0.2, 0.25) is 0 Å². The average Bonchev–Trinajstić information content (AvgIpc) is 2.92. The first-order chi connectivity index (χ1) is 8.92. The van der Waals surface area contributed by atoms with Gasteiger partial charge in [-0.3, -0.25) is 0 Å². The lowest BCUT2D eigenvalue weighted by Crippen LogP contribution is -2.23. The van der Waals surface area contributed by atoms with E-state index >= 15 is 0 Å². The molecule has 1 N–H and O–H groups in total. The third kappa shape index (κ3) is 2.86. The van der Waals surface area contributed by atoms with Gasteiger partial charge in [0.25, 0.3) is 0 Å². The van der Waals surface area contributed by atoms with Gasteiger partial charge in [-0.15, -0.1) is 0 Å². The minimum atomic E-state index is 0.683. The van der Waals surface area contributed by atoms with E-state index in [1.54, 1.807) is 0 Å². The van der Waals surface area contributed by atoms with Crippen molar-refractivity contribution >= 4 is 0 Å². The molecule has 0 amide bonds. The van der Waals surface area contributed by atoms with Gasteiger partial charge >= 0.3 is 0 Å². The molecule has 0 aromatic heterocycles. The summed E-state index contributed by atoms with van der Waals surface area (Å²) in [6.07, 6.45) is 8.94. The maximum absolute atomic E-state index is 5.89. The maximum Gasteiger partial charge on any atom is 0.119 e. The lowest BCUT2D eigenvalue weighted by Gasteiger charge is -2.17. The molecule has 1 aromatic rings. The molecule has 18 heavy (non-hydrogen) atoms.